The molecule has 154 valence electrons. The summed E-state index contributed by atoms with van der Waals surface area (Å²) >= 11 is 0. The lowest BCUT2D eigenvalue weighted by Crippen LogP contribution is -2.32. The largest absolute Gasteiger partial charge is 0.484 e. The summed E-state index contributed by atoms with van der Waals surface area (Å²) in [5.41, 5.74) is 2.09. The highest BCUT2D eigenvalue weighted by Gasteiger charge is 2.18. The van der Waals surface area contributed by atoms with Crippen molar-refractivity contribution in [3.05, 3.63) is 59.7 Å². The molecule has 1 fully saturated rings. The first-order valence-corrected chi connectivity index (χ1v) is 10.0. The van der Waals surface area contributed by atoms with E-state index in [4.69, 9.17) is 9.47 Å². The van der Waals surface area contributed by atoms with Crippen LogP contribution in [0, 0.1) is 0 Å². The molecule has 2 amide bonds. The fourth-order valence-corrected chi connectivity index (χ4v) is 3.18. The second kappa shape index (κ2) is 10.1. The smallest absolute Gasteiger partial charge is 0.262 e. The third-order valence-electron chi connectivity index (χ3n) is 4.88. The molecule has 29 heavy (non-hydrogen) atoms. The highest BCUT2D eigenvalue weighted by atomic mass is 16.5. The number of hydrogen-bond acceptors (Lipinski definition) is 4. The fraction of sp³-hybridized carbons (Fsp3) is 0.391. The van der Waals surface area contributed by atoms with E-state index >= 15 is 0 Å². The van der Waals surface area contributed by atoms with Crippen molar-refractivity contribution in [3.63, 3.8) is 0 Å². The normalized spacial score (nSPS) is 15.9. The average Bonchev–Trinajstić information content (AvgIpc) is 3.25. The number of rotatable bonds is 8. The Hall–Kier alpha value is -2.86. The van der Waals surface area contributed by atoms with Crippen LogP contribution in [0.1, 0.15) is 48.5 Å². The van der Waals surface area contributed by atoms with E-state index in [1.54, 1.807) is 24.3 Å². The molecule has 2 aromatic rings. The third-order valence-corrected chi connectivity index (χ3v) is 4.88. The number of carbonyl (C=O) groups is 2. The zero-order valence-electron chi connectivity index (χ0n) is 16.9. The molecule has 0 aliphatic carbocycles. The predicted octanol–water partition coefficient (Wildman–Crippen LogP) is 3.74. The zero-order valence-corrected chi connectivity index (χ0v) is 16.9. The van der Waals surface area contributed by atoms with Gasteiger partial charge in [0, 0.05) is 13.2 Å². The van der Waals surface area contributed by atoms with E-state index in [0.29, 0.717) is 29.5 Å². The summed E-state index contributed by atoms with van der Waals surface area (Å²) in [4.78, 5) is 24.8. The molecule has 1 heterocycles. The van der Waals surface area contributed by atoms with Crippen molar-refractivity contribution in [1.82, 2.24) is 5.32 Å². The third kappa shape index (κ3) is 6.06. The van der Waals surface area contributed by atoms with E-state index in [0.717, 1.165) is 19.4 Å². The molecular formula is C23H28N2O4. The highest BCUT2D eigenvalue weighted by Crippen LogP contribution is 2.19. The summed E-state index contributed by atoms with van der Waals surface area (Å²) < 4.78 is 11.1. The Morgan fingerprint density at radius 1 is 1.14 bits per heavy atom. The van der Waals surface area contributed by atoms with Gasteiger partial charge >= 0.3 is 0 Å². The lowest BCUT2D eigenvalue weighted by molar-refractivity contribution is -0.118. The molecule has 6 heteroatoms. The predicted molar refractivity (Wildman–Crippen MR) is 112 cm³/mol. The van der Waals surface area contributed by atoms with E-state index in [2.05, 4.69) is 24.5 Å². The van der Waals surface area contributed by atoms with Crippen molar-refractivity contribution in [2.45, 2.75) is 38.7 Å². The van der Waals surface area contributed by atoms with Crippen LogP contribution in [0.2, 0.25) is 0 Å². The molecule has 1 aliphatic rings. The number of benzene rings is 2. The van der Waals surface area contributed by atoms with Gasteiger partial charge < -0.3 is 20.1 Å². The minimum absolute atomic E-state index is 0.0659. The molecule has 0 saturated carbocycles. The topological polar surface area (TPSA) is 76.7 Å². The lowest BCUT2D eigenvalue weighted by atomic mass is 10.0. The van der Waals surface area contributed by atoms with Crippen LogP contribution in [0.25, 0.3) is 0 Å². The fourth-order valence-electron chi connectivity index (χ4n) is 3.18. The van der Waals surface area contributed by atoms with Crippen molar-refractivity contribution in [2.75, 3.05) is 25.1 Å². The molecular weight excluding hydrogens is 368 g/mol. The molecule has 0 unspecified atom stereocenters. The van der Waals surface area contributed by atoms with Gasteiger partial charge in [-0.25, -0.2) is 0 Å². The molecule has 6 nitrogen and oxygen atoms in total. The number of carbonyl (C=O) groups excluding carboxylic acids is 2. The van der Waals surface area contributed by atoms with Gasteiger partial charge in [-0.15, -0.1) is 0 Å². The summed E-state index contributed by atoms with van der Waals surface area (Å²) in [6.07, 6.45) is 2.04. The number of ether oxygens (including phenoxy) is 2. The van der Waals surface area contributed by atoms with Gasteiger partial charge in [-0.1, -0.05) is 38.1 Å². The van der Waals surface area contributed by atoms with E-state index in [1.807, 2.05) is 24.3 Å². The van der Waals surface area contributed by atoms with Gasteiger partial charge in [-0.2, -0.15) is 0 Å². The molecule has 0 spiro atoms. The quantitative estimate of drug-likeness (QED) is 0.713. The van der Waals surface area contributed by atoms with Crippen molar-refractivity contribution >= 4 is 17.5 Å². The first-order chi connectivity index (χ1) is 14.0. The lowest BCUT2D eigenvalue weighted by Gasteiger charge is -2.14. The zero-order chi connectivity index (χ0) is 20.6. The molecule has 0 bridgehead atoms. The average molecular weight is 396 g/mol. The maximum absolute atomic E-state index is 12.5. The van der Waals surface area contributed by atoms with Crippen LogP contribution >= 0.6 is 0 Å². The van der Waals surface area contributed by atoms with E-state index in [-0.39, 0.29) is 24.5 Å². The SMILES string of the molecule is CC(C)c1ccc(OCC(=O)Nc2ccccc2C(=O)NC[C@@H]2CCCO2)cc1. The standard InChI is InChI=1S/C23H28N2O4/c1-16(2)17-9-11-18(12-10-17)29-15-22(26)25-21-8-4-3-7-20(21)23(27)24-14-19-6-5-13-28-19/h3-4,7-12,16,19H,5-6,13-15H2,1-2H3,(H,24,27)(H,25,26)/t19-/m0/s1. The van der Waals surface area contributed by atoms with Gasteiger partial charge in [0.25, 0.3) is 11.8 Å². The molecule has 1 aliphatic heterocycles. The van der Waals surface area contributed by atoms with E-state index < -0.39 is 0 Å². The Balaban J connectivity index is 1.53. The summed E-state index contributed by atoms with van der Waals surface area (Å²) in [6.45, 7) is 5.33. The number of amides is 2. The van der Waals surface area contributed by atoms with Crippen LogP contribution in [-0.2, 0) is 9.53 Å². The summed E-state index contributed by atoms with van der Waals surface area (Å²) in [6, 6.07) is 14.6. The van der Waals surface area contributed by atoms with Gasteiger partial charge in [0.05, 0.1) is 17.4 Å². The first kappa shape index (κ1) is 20.9. The summed E-state index contributed by atoms with van der Waals surface area (Å²) in [5.74, 6) is 0.515. The molecule has 2 aromatic carbocycles. The van der Waals surface area contributed by atoms with Gasteiger partial charge in [-0.05, 0) is 48.6 Å². The molecule has 0 aromatic heterocycles. The van der Waals surface area contributed by atoms with Crippen LogP contribution in [0.5, 0.6) is 5.75 Å². The molecule has 0 radical (unpaired) electrons. The Labute approximate surface area is 171 Å². The Morgan fingerprint density at radius 2 is 1.90 bits per heavy atom. The molecule has 1 saturated heterocycles. The van der Waals surface area contributed by atoms with Crippen molar-refractivity contribution in [1.29, 1.82) is 0 Å². The van der Waals surface area contributed by atoms with Crippen LogP contribution in [0.15, 0.2) is 48.5 Å². The number of anilines is 1. The van der Waals surface area contributed by atoms with Crippen LogP contribution < -0.4 is 15.4 Å². The Bertz CT molecular complexity index is 827. The molecule has 2 N–H and O–H groups in total. The van der Waals surface area contributed by atoms with Crippen molar-refractivity contribution < 1.29 is 19.1 Å². The number of para-hydroxylation sites is 1. The van der Waals surface area contributed by atoms with Crippen LogP contribution in [-0.4, -0.2) is 37.7 Å². The highest BCUT2D eigenvalue weighted by molar-refractivity contribution is 6.04. The second-order valence-electron chi connectivity index (χ2n) is 7.45. The van der Waals surface area contributed by atoms with Crippen LogP contribution in [0.3, 0.4) is 0 Å². The van der Waals surface area contributed by atoms with Gasteiger partial charge in [0.2, 0.25) is 0 Å². The Morgan fingerprint density at radius 3 is 2.59 bits per heavy atom. The number of nitrogens with one attached hydrogen (secondary N) is 2. The van der Waals surface area contributed by atoms with E-state index in [9.17, 15) is 9.59 Å². The minimum Gasteiger partial charge on any atom is -0.484 e. The van der Waals surface area contributed by atoms with Crippen molar-refractivity contribution in [2.24, 2.45) is 0 Å². The molecule has 3 rings (SSSR count). The number of hydrogen-bond donors (Lipinski definition) is 2. The monoisotopic (exact) mass is 396 g/mol. The first-order valence-electron chi connectivity index (χ1n) is 10.0. The van der Waals surface area contributed by atoms with Gasteiger partial charge in [-0.3, -0.25) is 9.59 Å². The Kier molecular flexibility index (Phi) is 7.25. The van der Waals surface area contributed by atoms with Gasteiger partial charge in [0.15, 0.2) is 6.61 Å². The summed E-state index contributed by atoms with van der Waals surface area (Å²) in [5, 5.41) is 5.64. The van der Waals surface area contributed by atoms with E-state index in [1.165, 1.54) is 5.56 Å². The maximum atomic E-state index is 12.5. The minimum atomic E-state index is -0.322. The maximum Gasteiger partial charge on any atom is 0.262 e. The van der Waals surface area contributed by atoms with Crippen LogP contribution in [0.4, 0.5) is 5.69 Å². The van der Waals surface area contributed by atoms with Crippen molar-refractivity contribution in [3.8, 4) is 5.75 Å². The van der Waals surface area contributed by atoms with Gasteiger partial charge in [0.1, 0.15) is 5.75 Å². The molecule has 1 atom stereocenters. The second-order valence-corrected chi connectivity index (χ2v) is 7.45. The summed E-state index contributed by atoms with van der Waals surface area (Å²) in [7, 11) is 0.